The molecule has 1 heterocycles. The van der Waals surface area contributed by atoms with Gasteiger partial charge in [0.1, 0.15) is 0 Å². The molecule has 2 unspecified atom stereocenters. The van der Waals surface area contributed by atoms with E-state index < -0.39 is 0 Å². The van der Waals surface area contributed by atoms with Gasteiger partial charge in [-0.2, -0.15) is 0 Å². The Kier molecular flexibility index (Phi) is 4.04. The number of nitrogens with one attached hydrogen (secondary N) is 1. The zero-order valence-corrected chi connectivity index (χ0v) is 10.1. The minimum atomic E-state index is 0.0893. The van der Waals surface area contributed by atoms with Gasteiger partial charge in [0.05, 0.1) is 6.61 Å². The van der Waals surface area contributed by atoms with Gasteiger partial charge in [0, 0.05) is 26.7 Å². The molecule has 4 nitrogen and oxygen atoms in total. The first kappa shape index (κ1) is 11.7. The maximum atomic E-state index is 11.8. The van der Waals surface area contributed by atoms with Crippen LogP contribution in [0.15, 0.2) is 0 Å². The minimum Gasteiger partial charge on any atom is -0.383 e. The molecule has 1 N–H and O–H groups in total. The van der Waals surface area contributed by atoms with Crippen LogP contribution in [0, 0.1) is 11.8 Å². The fraction of sp³-hybridized carbons (Fsp3) is 0.917. The first-order chi connectivity index (χ1) is 7.81. The average molecular weight is 226 g/mol. The van der Waals surface area contributed by atoms with E-state index in [0.717, 1.165) is 24.9 Å². The average Bonchev–Trinajstić information content (AvgIpc) is 2.73. The van der Waals surface area contributed by atoms with E-state index in [4.69, 9.17) is 4.74 Å². The van der Waals surface area contributed by atoms with E-state index in [9.17, 15) is 4.79 Å². The van der Waals surface area contributed by atoms with Gasteiger partial charge in [-0.05, 0) is 24.7 Å². The van der Waals surface area contributed by atoms with Gasteiger partial charge in [0.25, 0.3) is 0 Å². The molecule has 2 rings (SSSR count). The van der Waals surface area contributed by atoms with Crippen LogP contribution < -0.4 is 5.32 Å². The Hall–Kier alpha value is -0.770. The summed E-state index contributed by atoms with van der Waals surface area (Å²) in [7, 11) is 1.65. The van der Waals surface area contributed by atoms with Crippen molar-refractivity contribution in [2.24, 2.45) is 11.8 Å². The van der Waals surface area contributed by atoms with E-state index in [2.05, 4.69) is 5.32 Å². The third kappa shape index (κ3) is 2.67. The Morgan fingerprint density at radius 3 is 2.50 bits per heavy atom. The van der Waals surface area contributed by atoms with Crippen LogP contribution in [0.25, 0.3) is 0 Å². The van der Waals surface area contributed by atoms with Crippen molar-refractivity contribution in [3.63, 3.8) is 0 Å². The first-order valence-electron chi connectivity index (χ1n) is 6.33. The van der Waals surface area contributed by atoms with Crippen molar-refractivity contribution < 1.29 is 9.53 Å². The summed E-state index contributed by atoms with van der Waals surface area (Å²) in [5, 5.41) is 2.90. The molecular weight excluding hydrogens is 204 g/mol. The highest BCUT2D eigenvalue weighted by Crippen LogP contribution is 2.35. The minimum absolute atomic E-state index is 0.0893. The summed E-state index contributed by atoms with van der Waals surface area (Å²) >= 11 is 0. The maximum Gasteiger partial charge on any atom is 0.317 e. The molecular formula is C12H22N2O2. The lowest BCUT2D eigenvalue weighted by Crippen LogP contribution is -2.40. The second-order valence-electron chi connectivity index (χ2n) is 4.93. The molecule has 2 fully saturated rings. The fourth-order valence-corrected chi connectivity index (χ4v) is 2.94. The van der Waals surface area contributed by atoms with Crippen LogP contribution in [0.5, 0.6) is 0 Å². The second-order valence-corrected chi connectivity index (χ2v) is 4.93. The molecule has 92 valence electrons. The number of amides is 2. The Morgan fingerprint density at radius 1 is 1.31 bits per heavy atom. The number of fused-ring (bicyclic) bond motifs is 1. The van der Waals surface area contributed by atoms with Gasteiger partial charge in [0.2, 0.25) is 0 Å². The van der Waals surface area contributed by atoms with Gasteiger partial charge in [0.15, 0.2) is 0 Å². The van der Waals surface area contributed by atoms with Crippen molar-refractivity contribution in [1.29, 1.82) is 0 Å². The van der Waals surface area contributed by atoms with E-state index >= 15 is 0 Å². The van der Waals surface area contributed by atoms with Gasteiger partial charge >= 0.3 is 6.03 Å². The van der Waals surface area contributed by atoms with E-state index in [1.54, 1.807) is 7.11 Å². The van der Waals surface area contributed by atoms with Gasteiger partial charge in [-0.3, -0.25) is 0 Å². The van der Waals surface area contributed by atoms with Crippen LogP contribution >= 0.6 is 0 Å². The van der Waals surface area contributed by atoms with Crippen LogP contribution in [0.3, 0.4) is 0 Å². The third-order valence-electron chi connectivity index (χ3n) is 3.85. The lowest BCUT2D eigenvalue weighted by atomic mass is 9.82. The zero-order chi connectivity index (χ0) is 11.4. The van der Waals surface area contributed by atoms with Gasteiger partial charge in [-0.1, -0.05) is 12.8 Å². The molecule has 2 atom stereocenters. The molecule has 0 radical (unpaired) electrons. The number of carbonyl (C=O) groups excluding carboxylic acids is 1. The van der Waals surface area contributed by atoms with Gasteiger partial charge in [-0.15, -0.1) is 0 Å². The molecule has 1 saturated heterocycles. The Labute approximate surface area is 97.3 Å². The van der Waals surface area contributed by atoms with Crippen LogP contribution in [0.1, 0.15) is 25.7 Å². The van der Waals surface area contributed by atoms with Crippen molar-refractivity contribution in [3.8, 4) is 0 Å². The smallest absolute Gasteiger partial charge is 0.317 e. The van der Waals surface area contributed by atoms with E-state index in [0.29, 0.717) is 13.2 Å². The van der Waals surface area contributed by atoms with E-state index in [-0.39, 0.29) is 6.03 Å². The predicted octanol–water partition coefficient (Wildman–Crippen LogP) is 1.46. The first-order valence-corrected chi connectivity index (χ1v) is 6.33. The van der Waals surface area contributed by atoms with Crippen LogP contribution in [-0.4, -0.2) is 44.3 Å². The molecule has 0 bridgehead atoms. The number of nitrogens with zero attached hydrogens (tertiary/aromatic N) is 1. The molecule has 1 aliphatic carbocycles. The highest BCUT2D eigenvalue weighted by atomic mass is 16.5. The van der Waals surface area contributed by atoms with Gasteiger partial charge in [-0.25, -0.2) is 4.79 Å². The molecule has 0 aromatic rings. The summed E-state index contributed by atoms with van der Waals surface area (Å²) in [5.41, 5.74) is 0. The number of hydrogen-bond donors (Lipinski definition) is 1. The maximum absolute atomic E-state index is 11.8. The van der Waals surface area contributed by atoms with Crippen molar-refractivity contribution in [2.45, 2.75) is 25.7 Å². The fourth-order valence-electron chi connectivity index (χ4n) is 2.94. The molecule has 4 heteroatoms. The monoisotopic (exact) mass is 226 g/mol. The highest BCUT2D eigenvalue weighted by Gasteiger charge is 2.36. The van der Waals surface area contributed by atoms with Crippen molar-refractivity contribution in [1.82, 2.24) is 10.2 Å². The normalized spacial score (nSPS) is 28.9. The summed E-state index contributed by atoms with van der Waals surface area (Å²) in [6.07, 6.45) is 5.32. The molecule has 0 aromatic heterocycles. The number of rotatable bonds is 3. The number of methoxy groups -OCH3 is 1. The quantitative estimate of drug-likeness (QED) is 0.740. The number of ether oxygens (including phenoxy) is 1. The zero-order valence-electron chi connectivity index (χ0n) is 10.1. The summed E-state index contributed by atoms with van der Waals surface area (Å²) in [5.74, 6) is 1.53. The molecule has 1 aliphatic heterocycles. The Morgan fingerprint density at radius 2 is 1.94 bits per heavy atom. The summed E-state index contributed by atoms with van der Waals surface area (Å²) in [6, 6.07) is 0.0893. The lowest BCUT2D eigenvalue weighted by Gasteiger charge is -2.22. The molecule has 0 spiro atoms. The molecule has 0 aromatic carbocycles. The Balaban J connectivity index is 1.76. The number of hydrogen-bond acceptors (Lipinski definition) is 2. The third-order valence-corrected chi connectivity index (χ3v) is 3.85. The van der Waals surface area contributed by atoms with Crippen LogP contribution in [0.4, 0.5) is 4.79 Å². The molecule has 1 saturated carbocycles. The number of urea groups is 1. The Bertz CT molecular complexity index is 231. The largest absolute Gasteiger partial charge is 0.383 e. The van der Waals surface area contributed by atoms with Crippen LogP contribution in [0.2, 0.25) is 0 Å². The summed E-state index contributed by atoms with van der Waals surface area (Å²) < 4.78 is 4.92. The van der Waals surface area contributed by atoms with Crippen molar-refractivity contribution in [3.05, 3.63) is 0 Å². The molecule has 2 aliphatic rings. The van der Waals surface area contributed by atoms with Crippen molar-refractivity contribution in [2.75, 3.05) is 33.4 Å². The number of carbonyl (C=O) groups is 1. The molecule has 16 heavy (non-hydrogen) atoms. The van der Waals surface area contributed by atoms with Gasteiger partial charge < -0.3 is 15.0 Å². The topological polar surface area (TPSA) is 41.6 Å². The predicted molar refractivity (Wildman–Crippen MR) is 62.3 cm³/mol. The van der Waals surface area contributed by atoms with Crippen molar-refractivity contribution >= 4 is 6.03 Å². The summed E-state index contributed by atoms with van der Waals surface area (Å²) in [4.78, 5) is 13.8. The molecule has 2 amide bonds. The van der Waals surface area contributed by atoms with E-state index in [1.807, 2.05) is 4.90 Å². The summed E-state index contributed by atoms with van der Waals surface area (Å²) in [6.45, 7) is 3.13. The lowest BCUT2D eigenvalue weighted by molar-refractivity contribution is 0.184. The van der Waals surface area contributed by atoms with Crippen LogP contribution in [-0.2, 0) is 4.74 Å². The SMILES string of the molecule is COCCNC(=O)N1CC2CCCCC2C1. The number of likely N-dealkylation sites (tertiary alicyclic amines) is 1. The highest BCUT2D eigenvalue weighted by molar-refractivity contribution is 5.74. The second kappa shape index (κ2) is 5.53. The standard InChI is InChI=1S/C12H22N2O2/c1-16-7-6-13-12(15)14-8-10-4-2-3-5-11(10)9-14/h10-11H,2-9H2,1H3,(H,13,15). The van der Waals surface area contributed by atoms with E-state index in [1.165, 1.54) is 25.7 Å².